The van der Waals surface area contributed by atoms with Crippen molar-refractivity contribution >= 4 is 29.9 Å². The highest BCUT2D eigenvalue weighted by Gasteiger charge is 2.26. The average Bonchev–Trinajstić information content (AvgIpc) is 2.24. The lowest BCUT2D eigenvalue weighted by molar-refractivity contribution is 0.801. The molecule has 0 spiro atoms. The van der Waals surface area contributed by atoms with Gasteiger partial charge in [0.1, 0.15) is 0 Å². The van der Waals surface area contributed by atoms with Gasteiger partial charge in [-0.1, -0.05) is 13.8 Å². The van der Waals surface area contributed by atoms with Crippen LogP contribution in [0.25, 0.3) is 0 Å². The molecule has 1 rings (SSSR count). The van der Waals surface area contributed by atoms with Crippen molar-refractivity contribution in [2.45, 2.75) is 20.8 Å². The predicted octanol–water partition coefficient (Wildman–Crippen LogP) is 3.08. The van der Waals surface area contributed by atoms with Crippen molar-refractivity contribution in [3.05, 3.63) is 21.8 Å². The Balaban J connectivity index is 3.55. The van der Waals surface area contributed by atoms with Gasteiger partial charge in [0.2, 0.25) is 0 Å². The lowest BCUT2D eigenvalue weighted by Gasteiger charge is -2.26. The molecule has 88 valence electrons. The molecule has 0 aromatic carbocycles. The highest BCUT2D eigenvalue weighted by molar-refractivity contribution is 7.31. The van der Waals surface area contributed by atoms with Gasteiger partial charge in [-0.05, 0) is 34.6 Å². The molecule has 0 amide bonds. The second-order valence-electron chi connectivity index (χ2n) is 4.17. The van der Waals surface area contributed by atoms with Gasteiger partial charge >= 0.3 is 0 Å². The van der Waals surface area contributed by atoms with E-state index in [1.54, 1.807) is 0 Å². The summed E-state index contributed by atoms with van der Waals surface area (Å²) in [5, 5.41) is 2.47. The quantitative estimate of drug-likeness (QED) is 0.507. The van der Waals surface area contributed by atoms with E-state index >= 15 is 0 Å². The molecule has 0 aromatic heterocycles. The Kier molecular flexibility index (Phi) is 4.59. The minimum Gasteiger partial charge on any atom is -0.286 e. The maximum atomic E-state index is 4.41. The molecule has 4 heteroatoms. The van der Waals surface area contributed by atoms with E-state index in [1.165, 1.54) is 21.8 Å². The molecular formula is C12H20N2P2. The molecule has 2 unspecified atom stereocenters. The second kappa shape index (κ2) is 5.34. The first-order chi connectivity index (χ1) is 7.45. The van der Waals surface area contributed by atoms with Crippen LogP contribution in [0.3, 0.4) is 0 Å². The number of nitrogens with zero attached hydrogens (tertiary/aromatic N) is 2. The zero-order valence-corrected chi connectivity index (χ0v) is 12.9. The van der Waals surface area contributed by atoms with Crippen LogP contribution in [0.5, 0.6) is 0 Å². The van der Waals surface area contributed by atoms with Gasteiger partial charge in [0.15, 0.2) is 0 Å². The summed E-state index contributed by atoms with van der Waals surface area (Å²) in [6, 6.07) is 0. The molecule has 0 saturated heterocycles. The van der Waals surface area contributed by atoms with Crippen molar-refractivity contribution in [2.75, 3.05) is 14.1 Å². The minimum atomic E-state index is 0.451. The molecule has 2 nitrogen and oxygen atoms in total. The smallest absolute Gasteiger partial charge is 0.0866 e. The van der Waals surface area contributed by atoms with Crippen LogP contribution in [0.1, 0.15) is 20.8 Å². The van der Waals surface area contributed by atoms with Crippen molar-refractivity contribution in [2.24, 2.45) is 15.9 Å². The third kappa shape index (κ3) is 2.19. The molecule has 16 heavy (non-hydrogen) atoms. The standard InChI is InChI=1S/C12H20N2P2/c1-6(2)8-10(14-5)9(13-4)7(3)11(15)12(8)16/h6H,15-16H2,1-5H3. The summed E-state index contributed by atoms with van der Waals surface area (Å²) in [5.41, 5.74) is 4.53. The van der Waals surface area contributed by atoms with Crippen molar-refractivity contribution in [1.82, 2.24) is 0 Å². The van der Waals surface area contributed by atoms with Gasteiger partial charge in [-0.3, -0.25) is 9.98 Å². The third-order valence-electron chi connectivity index (χ3n) is 2.84. The topological polar surface area (TPSA) is 24.7 Å². The van der Waals surface area contributed by atoms with Gasteiger partial charge in [-0.15, -0.1) is 18.5 Å². The molecule has 0 fully saturated rings. The Hall–Kier alpha value is -0.320. The van der Waals surface area contributed by atoms with Gasteiger partial charge in [0.25, 0.3) is 0 Å². The summed E-state index contributed by atoms with van der Waals surface area (Å²) >= 11 is 0. The number of hydrogen-bond acceptors (Lipinski definition) is 2. The first kappa shape index (κ1) is 13.7. The summed E-state index contributed by atoms with van der Waals surface area (Å²) < 4.78 is 0. The Morgan fingerprint density at radius 2 is 1.44 bits per heavy atom. The highest BCUT2D eigenvalue weighted by Crippen LogP contribution is 2.38. The van der Waals surface area contributed by atoms with Crippen molar-refractivity contribution in [1.29, 1.82) is 0 Å². The van der Waals surface area contributed by atoms with Crippen LogP contribution in [0.4, 0.5) is 0 Å². The normalized spacial score (nSPS) is 23.0. The van der Waals surface area contributed by atoms with Crippen LogP contribution < -0.4 is 0 Å². The Labute approximate surface area is 103 Å². The Morgan fingerprint density at radius 1 is 0.938 bits per heavy atom. The fourth-order valence-electron chi connectivity index (χ4n) is 1.99. The molecule has 1 aliphatic carbocycles. The molecular weight excluding hydrogens is 234 g/mol. The summed E-state index contributed by atoms with van der Waals surface area (Å²) in [4.78, 5) is 8.78. The van der Waals surface area contributed by atoms with Crippen molar-refractivity contribution in [3.63, 3.8) is 0 Å². The zero-order valence-electron chi connectivity index (χ0n) is 10.6. The van der Waals surface area contributed by atoms with Gasteiger partial charge in [0, 0.05) is 14.1 Å². The first-order valence-electron chi connectivity index (χ1n) is 5.36. The first-order valence-corrected chi connectivity index (χ1v) is 6.52. The van der Waals surface area contributed by atoms with Crippen LogP contribution in [0.2, 0.25) is 0 Å². The number of allylic oxidation sites excluding steroid dienone is 4. The van der Waals surface area contributed by atoms with E-state index in [9.17, 15) is 0 Å². The maximum absolute atomic E-state index is 4.41. The summed E-state index contributed by atoms with van der Waals surface area (Å²) in [6.07, 6.45) is 0. The van der Waals surface area contributed by atoms with Gasteiger partial charge in [0.05, 0.1) is 11.4 Å². The van der Waals surface area contributed by atoms with Gasteiger partial charge < -0.3 is 0 Å². The van der Waals surface area contributed by atoms with Crippen LogP contribution >= 0.6 is 18.5 Å². The van der Waals surface area contributed by atoms with Crippen LogP contribution in [-0.2, 0) is 0 Å². The molecule has 0 aliphatic heterocycles. The molecule has 0 radical (unpaired) electrons. The van der Waals surface area contributed by atoms with E-state index in [2.05, 4.69) is 49.2 Å². The Morgan fingerprint density at radius 3 is 1.81 bits per heavy atom. The maximum Gasteiger partial charge on any atom is 0.0866 e. The second-order valence-corrected chi connectivity index (χ2v) is 5.32. The van der Waals surface area contributed by atoms with E-state index in [0.29, 0.717) is 5.92 Å². The number of hydrogen-bond donors (Lipinski definition) is 0. The Bertz CT molecular complexity index is 426. The molecule has 2 atom stereocenters. The lowest BCUT2D eigenvalue weighted by atomic mass is 9.87. The zero-order chi connectivity index (χ0) is 12.5. The molecule has 0 N–H and O–H groups in total. The molecule has 0 heterocycles. The van der Waals surface area contributed by atoms with E-state index in [1.807, 2.05) is 14.1 Å². The fraction of sp³-hybridized carbons (Fsp3) is 0.500. The van der Waals surface area contributed by atoms with Crippen molar-refractivity contribution < 1.29 is 0 Å². The van der Waals surface area contributed by atoms with Gasteiger partial charge in [-0.25, -0.2) is 0 Å². The molecule has 0 aromatic rings. The average molecular weight is 254 g/mol. The van der Waals surface area contributed by atoms with Crippen LogP contribution in [0.15, 0.2) is 31.8 Å². The van der Waals surface area contributed by atoms with Gasteiger partial charge in [-0.2, -0.15) is 0 Å². The SMILES string of the molecule is CN=C1C(=NC)C(C(C)C)=C(P)C(P)=C1C. The molecule has 1 aliphatic rings. The van der Waals surface area contributed by atoms with Crippen LogP contribution in [-0.4, -0.2) is 25.5 Å². The third-order valence-corrected chi connectivity index (χ3v) is 4.54. The van der Waals surface area contributed by atoms with Crippen LogP contribution in [0, 0.1) is 5.92 Å². The van der Waals surface area contributed by atoms with E-state index in [0.717, 1.165) is 11.4 Å². The van der Waals surface area contributed by atoms with E-state index in [4.69, 9.17) is 0 Å². The van der Waals surface area contributed by atoms with Crippen molar-refractivity contribution in [3.8, 4) is 0 Å². The summed E-state index contributed by atoms with van der Waals surface area (Å²) in [7, 11) is 9.30. The highest BCUT2D eigenvalue weighted by atomic mass is 31.0. The monoisotopic (exact) mass is 254 g/mol. The molecule has 0 saturated carbocycles. The number of rotatable bonds is 1. The lowest BCUT2D eigenvalue weighted by Crippen LogP contribution is -2.26. The van der Waals surface area contributed by atoms with E-state index in [-0.39, 0.29) is 0 Å². The number of aliphatic imine (C=N–C) groups is 2. The summed E-state index contributed by atoms with van der Waals surface area (Å²) in [5.74, 6) is 0.451. The minimum absolute atomic E-state index is 0.451. The fourth-order valence-corrected chi connectivity index (χ4v) is 2.97. The molecule has 0 bridgehead atoms. The van der Waals surface area contributed by atoms with E-state index < -0.39 is 0 Å². The largest absolute Gasteiger partial charge is 0.286 e. The predicted molar refractivity (Wildman–Crippen MR) is 80.7 cm³/mol. The summed E-state index contributed by atoms with van der Waals surface area (Å²) in [6.45, 7) is 6.48.